The van der Waals surface area contributed by atoms with Crippen molar-refractivity contribution in [3.63, 3.8) is 0 Å². The van der Waals surface area contributed by atoms with E-state index in [2.05, 4.69) is 5.32 Å². The van der Waals surface area contributed by atoms with Crippen LogP contribution in [0.15, 0.2) is 47.4 Å². The highest BCUT2D eigenvalue weighted by atomic mass is 35.5. The lowest BCUT2D eigenvalue weighted by atomic mass is 10.2. The van der Waals surface area contributed by atoms with Crippen molar-refractivity contribution in [2.24, 2.45) is 0 Å². The molecule has 0 unspecified atom stereocenters. The first-order chi connectivity index (χ1) is 13.8. The predicted octanol–water partition coefficient (Wildman–Crippen LogP) is 2.47. The SMILES string of the molecule is C[C@H](Oc1ccc(Cl)cc1)C(=O)Nc1cc(S(=O)(=O)N2CCOCC2)ccc1O. The van der Waals surface area contributed by atoms with E-state index in [0.717, 1.165) is 0 Å². The first-order valence-corrected chi connectivity index (χ1v) is 10.7. The molecule has 2 N–H and O–H groups in total. The van der Waals surface area contributed by atoms with E-state index in [9.17, 15) is 18.3 Å². The van der Waals surface area contributed by atoms with Gasteiger partial charge in [0.05, 0.1) is 23.8 Å². The molecule has 0 saturated carbocycles. The zero-order valence-electron chi connectivity index (χ0n) is 15.7. The van der Waals surface area contributed by atoms with E-state index in [1.54, 1.807) is 24.3 Å². The Kier molecular flexibility index (Phi) is 6.63. The molecule has 2 aromatic rings. The van der Waals surface area contributed by atoms with Gasteiger partial charge in [0, 0.05) is 18.1 Å². The molecule has 1 fully saturated rings. The molecule has 1 heterocycles. The largest absolute Gasteiger partial charge is 0.506 e. The predicted molar refractivity (Wildman–Crippen MR) is 108 cm³/mol. The number of aromatic hydroxyl groups is 1. The van der Waals surface area contributed by atoms with Crippen molar-refractivity contribution in [2.75, 3.05) is 31.6 Å². The molecule has 1 aliphatic heterocycles. The normalized spacial score (nSPS) is 16.2. The van der Waals surface area contributed by atoms with E-state index in [0.29, 0.717) is 24.0 Å². The Morgan fingerprint density at radius 2 is 1.86 bits per heavy atom. The number of carbonyl (C=O) groups excluding carboxylic acids is 1. The summed E-state index contributed by atoms with van der Waals surface area (Å²) < 4.78 is 37.6. The number of phenolic OH excluding ortho intramolecular Hbond substituents is 1. The summed E-state index contributed by atoms with van der Waals surface area (Å²) in [5, 5.41) is 13.1. The molecule has 8 nitrogen and oxygen atoms in total. The number of sulfonamides is 1. The molecule has 1 saturated heterocycles. The summed E-state index contributed by atoms with van der Waals surface area (Å²) in [7, 11) is -3.76. The van der Waals surface area contributed by atoms with Crippen molar-refractivity contribution in [1.29, 1.82) is 0 Å². The molecule has 0 bridgehead atoms. The van der Waals surface area contributed by atoms with Gasteiger partial charge >= 0.3 is 0 Å². The summed E-state index contributed by atoms with van der Waals surface area (Å²) in [6.07, 6.45) is -0.893. The number of phenols is 1. The zero-order valence-corrected chi connectivity index (χ0v) is 17.2. The van der Waals surface area contributed by atoms with Gasteiger partial charge in [-0.25, -0.2) is 8.42 Å². The van der Waals surface area contributed by atoms with Gasteiger partial charge in [0.2, 0.25) is 10.0 Å². The number of nitrogens with one attached hydrogen (secondary N) is 1. The first-order valence-electron chi connectivity index (χ1n) is 8.91. The number of ether oxygens (including phenoxy) is 2. The van der Waals surface area contributed by atoms with Gasteiger partial charge in [-0.3, -0.25) is 4.79 Å². The average molecular weight is 441 g/mol. The van der Waals surface area contributed by atoms with E-state index in [-0.39, 0.29) is 29.4 Å². The van der Waals surface area contributed by atoms with Crippen LogP contribution >= 0.6 is 11.6 Å². The Balaban J connectivity index is 1.73. The third-order valence-corrected chi connectivity index (χ3v) is 6.48. The van der Waals surface area contributed by atoms with Gasteiger partial charge in [0.15, 0.2) is 6.10 Å². The smallest absolute Gasteiger partial charge is 0.265 e. The highest BCUT2D eigenvalue weighted by Crippen LogP contribution is 2.28. The second-order valence-electron chi connectivity index (χ2n) is 6.40. The summed E-state index contributed by atoms with van der Waals surface area (Å²) in [6.45, 7) is 2.67. The van der Waals surface area contributed by atoms with E-state index < -0.39 is 22.0 Å². The highest BCUT2D eigenvalue weighted by molar-refractivity contribution is 7.89. The van der Waals surface area contributed by atoms with E-state index in [1.807, 2.05) is 0 Å². The number of nitrogens with zero attached hydrogens (tertiary/aromatic N) is 1. The van der Waals surface area contributed by atoms with Crippen LogP contribution in [0.2, 0.25) is 5.02 Å². The fraction of sp³-hybridized carbons (Fsp3) is 0.316. The second-order valence-corrected chi connectivity index (χ2v) is 8.77. The molecule has 0 aliphatic carbocycles. The molecule has 3 rings (SSSR count). The molecule has 0 spiro atoms. The lowest BCUT2D eigenvalue weighted by Crippen LogP contribution is -2.40. The van der Waals surface area contributed by atoms with Gasteiger partial charge in [-0.15, -0.1) is 0 Å². The molecule has 10 heteroatoms. The number of hydrogen-bond acceptors (Lipinski definition) is 6. The van der Waals surface area contributed by atoms with Crippen LogP contribution in [0, 0.1) is 0 Å². The van der Waals surface area contributed by atoms with E-state index >= 15 is 0 Å². The van der Waals surface area contributed by atoms with Crippen LogP contribution in [-0.2, 0) is 19.6 Å². The number of amides is 1. The quantitative estimate of drug-likeness (QED) is 0.668. The van der Waals surface area contributed by atoms with Crippen molar-refractivity contribution in [2.45, 2.75) is 17.9 Å². The minimum atomic E-state index is -3.76. The fourth-order valence-corrected chi connectivity index (χ4v) is 4.28. The third-order valence-electron chi connectivity index (χ3n) is 4.33. The molecular weight excluding hydrogens is 420 g/mol. The number of hydrogen-bond donors (Lipinski definition) is 2. The van der Waals surface area contributed by atoms with Gasteiger partial charge in [0.25, 0.3) is 5.91 Å². The monoisotopic (exact) mass is 440 g/mol. The Labute approximate surface area is 174 Å². The van der Waals surface area contributed by atoms with Crippen LogP contribution in [0.5, 0.6) is 11.5 Å². The van der Waals surface area contributed by atoms with Crippen molar-refractivity contribution < 1.29 is 27.8 Å². The number of anilines is 1. The van der Waals surface area contributed by atoms with Gasteiger partial charge in [-0.2, -0.15) is 4.31 Å². The molecule has 2 aromatic carbocycles. The standard InChI is InChI=1S/C19H21ClN2O6S/c1-13(28-15-4-2-14(20)3-5-15)19(24)21-17-12-16(6-7-18(17)23)29(25,26)22-8-10-27-11-9-22/h2-7,12-13,23H,8-11H2,1H3,(H,21,24)/t13-/m0/s1. The van der Waals surface area contributed by atoms with E-state index in [4.69, 9.17) is 21.1 Å². The molecule has 1 aliphatic rings. The Hall–Kier alpha value is -2.33. The minimum absolute atomic E-state index is 0.0177. The van der Waals surface area contributed by atoms with Crippen molar-refractivity contribution in [1.82, 2.24) is 4.31 Å². The number of halogens is 1. The molecule has 0 radical (unpaired) electrons. The molecule has 1 amide bonds. The zero-order chi connectivity index (χ0) is 21.0. The Morgan fingerprint density at radius 1 is 1.21 bits per heavy atom. The summed E-state index contributed by atoms with van der Waals surface area (Å²) >= 11 is 5.82. The van der Waals surface area contributed by atoms with E-state index in [1.165, 1.54) is 29.4 Å². The summed E-state index contributed by atoms with van der Waals surface area (Å²) in [5.74, 6) is -0.348. The third kappa shape index (κ3) is 5.18. The maximum Gasteiger partial charge on any atom is 0.265 e. The maximum absolute atomic E-state index is 12.8. The number of carbonyl (C=O) groups is 1. The van der Waals surface area contributed by atoms with Crippen molar-refractivity contribution in [3.8, 4) is 11.5 Å². The van der Waals surface area contributed by atoms with Crippen LogP contribution in [0.1, 0.15) is 6.92 Å². The summed E-state index contributed by atoms with van der Waals surface area (Å²) in [6, 6.07) is 10.3. The van der Waals surface area contributed by atoms with Crippen LogP contribution in [-0.4, -0.2) is 56.1 Å². The van der Waals surface area contributed by atoms with Crippen molar-refractivity contribution >= 4 is 33.2 Å². The lowest BCUT2D eigenvalue weighted by molar-refractivity contribution is -0.122. The second kappa shape index (κ2) is 9.00. The Morgan fingerprint density at radius 3 is 2.52 bits per heavy atom. The van der Waals surface area contributed by atoms with Crippen LogP contribution in [0.4, 0.5) is 5.69 Å². The topological polar surface area (TPSA) is 105 Å². The summed E-state index contributed by atoms with van der Waals surface area (Å²) in [5.41, 5.74) is -0.0177. The first kappa shape index (κ1) is 21.4. The van der Waals surface area contributed by atoms with Gasteiger partial charge in [-0.1, -0.05) is 11.6 Å². The minimum Gasteiger partial charge on any atom is -0.506 e. The summed E-state index contributed by atoms with van der Waals surface area (Å²) in [4.78, 5) is 12.4. The van der Waals surface area contributed by atoms with Crippen LogP contribution < -0.4 is 10.1 Å². The Bertz CT molecular complexity index is 975. The molecular formula is C19H21ClN2O6S. The molecule has 0 aromatic heterocycles. The van der Waals surface area contributed by atoms with Crippen LogP contribution in [0.3, 0.4) is 0 Å². The van der Waals surface area contributed by atoms with Gasteiger partial charge in [-0.05, 0) is 49.4 Å². The average Bonchev–Trinajstić information content (AvgIpc) is 2.71. The molecule has 156 valence electrons. The fourth-order valence-electron chi connectivity index (χ4n) is 2.72. The number of morpholine rings is 1. The number of benzene rings is 2. The van der Waals surface area contributed by atoms with Gasteiger partial charge < -0.3 is 19.9 Å². The lowest BCUT2D eigenvalue weighted by Gasteiger charge is -2.26. The maximum atomic E-state index is 12.8. The van der Waals surface area contributed by atoms with Crippen LogP contribution in [0.25, 0.3) is 0 Å². The molecule has 1 atom stereocenters. The van der Waals surface area contributed by atoms with Crippen molar-refractivity contribution in [3.05, 3.63) is 47.5 Å². The molecule has 29 heavy (non-hydrogen) atoms. The number of rotatable bonds is 6. The highest BCUT2D eigenvalue weighted by Gasteiger charge is 2.27. The van der Waals surface area contributed by atoms with Gasteiger partial charge in [0.1, 0.15) is 11.5 Å².